The number of aromatic nitrogens is 1. The molecule has 1 saturated heterocycles. The van der Waals surface area contributed by atoms with Crippen LogP contribution < -0.4 is 15.5 Å². The highest BCUT2D eigenvalue weighted by Gasteiger charge is 2.20. The molecule has 7 nitrogen and oxygen atoms in total. The monoisotopic (exact) mass is 367 g/mol. The number of pyridine rings is 1. The highest BCUT2D eigenvalue weighted by atomic mass is 16.2. The molecular formula is C20H25N5O2. The number of imide groups is 1. The van der Waals surface area contributed by atoms with E-state index in [0.29, 0.717) is 5.69 Å². The number of aryl methyl sites for hydroxylation is 2. The van der Waals surface area contributed by atoms with Crippen molar-refractivity contribution < 1.29 is 9.59 Å². The van der Waals surface area contributed by atoms with Crippen molar-refractivity contribution >= 4 is 23.4 Å². The second kappa shape index (κ2) is 8.64. The van der Waals surface area contributed by atoms with Gasteiger partial charge in [0.1, 0.15) is 5.82 Å². The summed E-state index contributed by atoms with van der Waals surface area (Å²) in [7, 11) is 0. The van der Waals surface area contributed by atoms with Gasteiger partial charge in [0, 0.05) is 38.1 Å². The summed E-state index contributed by atoms with van der Waals surface area (Å²) in [5.41, 5.74) is 2.92. The van der Waals surface area contributed by atoms with Gasteiger partial charge in [-0.2, -0.15) is 0 Å². The van der Waals surface area contributed by atoms with E-state index in [4.69, 9.17) is 0 Å². The molecule has 0 aliphatic carbocycles. The van der Waals surface area contributed by atoms with Gasteiger partial charge in [-0.15, -0.1) is 0 Å². The first-order chi connectivity index (χ1) is 13.0. The molecule has 0 radical (unpaired) electrons. The number of rotatable bonds is 4. The average molecular weight is 367 g/mol. The fourth-order valence-electron chi connectivity index (χ4n) is 3.03. The number of nitrogens with one attached hydrogen (secondary N) is 2. The van der Waals surface area contributed by atoms with Gasteiger partial charge in [-0.05, 0) is 49.2 Å². The Bertz CT molecular complexity index is 801. The summed E-state index contributed by atoms with van der Waals surface area (Å²) in [4.78, 5) is 32.8. The molecule has 2 N–H and O–H groups in total. The Balaban J connectivity index is 1.43. The summed E-state index contributed by atoms with van der Waals surface area (Å²) in [5.74, 6) is 0.650. The number of carbonyl (C=O) groups is 2. The summed E-state index contributed by atoms with van der Waals surface area (Å²) < 4.78 is 0. The van der Waals surface area contributed by atoms with Gasteiger partial charge in [0.25, 0.3) is 0 Å². The predicted octanol–water partition coefficient (Wildman–Crippen LogP) is 2.17. The Hall–Kier alpha value is -2.93. The van der Waals surface area contributed by atoms with Crippen molar-refractivity contribution in [2.45, 2.75) is 13.8 Å². The molecule has 2 aromatic rings. The number of anilines is 2. The van der Waals surface area contributed by atoms with Gasteiger partial charge >= 0.3 is 6.03 Å². The standard InChI is InChI=1S/C20H25N5O2/c1-15-6-7-17(13-16(15)2)22-20(27)23-19(26)14-24-9-11-25(12-10-24)18-5-3-4-8-21-18/h3-8,13H,9-12,14H2,1-2H3,(H2,22,23,26,27). The zero-order chi connectivity index (χ0) is 19.2. The van der Waals surface area contributed by atoms with Crippen LogP contribution in [0, 0.1) is 13.8 Å². The van der Waals surface area contributed by atoms with Crippen LogP contribution in [0.5, 0.6) is 0 Å². The minimum absolute atomic E-state index is 0.205. The van der Waals surface area contributed by atoms with Gasteiger partial charge in [0.2, 0.25) is 5.91 Å². The van der Waals surface area contributed by atoms with E-state index in [2.05, 4.69) is 20.5 Å². The highest BCUT2D eigenvalue weighted by Crippen LogP contribution is 2.14. The molecule has 1 aromatic heterocycles. The number of hydrogen-bond donors (Lipinski definition) is 2. The second-order valence-electron chi connectivity index (χ2n) is 6.75. The molecule has 3 amide bonds. The summed E-state index contributed by atoms with van der Waals surface area (Å²) >= 11 is 0. The van der Waals surface area contributed by atoms with Gasteiger partial charge < -0.3 is 10.2 Å². The normalized spacial score (nSPS) is 14.7. The lowest BCUT2D eigenvalue weighted by molar-refractivity contribution is -0.121. The number of nitrogens with zero attached hydrogens (tertiary/aromatic N) is 3. The lowest BCUT2D eigenvalue weighted by Crippen LogP contribution is -2.50. The minimum atomic E-state index is -0.504. The van der Waals surface area contributed by atoms with Crippen LogP contribution in [0.3, 0.4) is 0 Å². The summed E-state index contributed by atoms with van der Waals surface area (Å²) in [6.45, 7) is 7.31. The van der Waals surface area contributed by atoms with Crippen molar-refractivity contribution in [3.8, 4) is 0 Å². The maximum Gasteiger partial charge on any atom is 0.325 e. The average Bonchev–Trinajstić information content (AvgIpc) is 2.66. The molecule has 142 valence electrons. The Morgan fingerprint density at radius 3 is 2.48 bits per heavy atom. The van der Waals surface area contributed by atoms with Crippen molar-refractivity contribution in [3.05, 3.63) is 53.7 Å². The lowest BCUT2D eigenvalue weighted by atomic mass is 10.1. The predicted molar refractivity (Wildman–Crippen MR) is 106 cm³/mol. The largest absolute Gasteiger partial charge is 0.354 e. The van der Waals surface area contributed by atoms with Crippen LogP contribution in [-0.4, -0.2) is 54.5 Å². The van der Waals surface area contributed by atoms with Crippen LogP contribution >= 0.6 is 0 Å². The van der Waals surface area contributed by atoms with Crippen molar-refractivity contribution in [3.63, 3.8) is 0 Å². The zero-order valence-electron chi connectivity index (χ0n) is 15.7. The molecule has 1 aliphatic rings. The van der Waals surface area contributed by atoms with Crippen molar-refractivity contribution in [2.24, 2.45) is 0 Å². The van der Waals surface area contributed by atoms with Crippen LogP contribution in [0.4, 0.5) is 16.3 Å². The molecule has 7 heteroatoms. The Kier molecular flexibility index (Phi) is 6.03. The Labute approximate surface area is 159 Å². The van der Waals surface area contributed by atoms with E-state index >= 15 is 0 Å². The minimum Gasteiger partial charge on any atom is -0.354 e. The maximum absolute atomic E-state index is 12.1. The molecule has 1 aromatic carbocycles. The lowest BCUT2D eigenvalue weighted by Gasteiger charge is -2.34. The van der Waals surface area contributed by atoms with E-state index in [-0.39, 0.29) is 12.5 Å². The quantitative estimate of drug-likeness (QED) is 0.866. The highest BCUT2D eigenvalue weighted by molar-refractivity contribution is 6.01. The van der Waals surface area contributed by atoms with Gasteiger partial charge in [0.15, 0.2) is 0 Å². The number of amides is 3. The third-order valence-electron chi connectivity index (χ3n) is 4.73. The third kappa shape index (κ3) is 5.27. The van der Waals surface area contributed by atoms with Crippen LogP contribution in [0.1, 0.15) is 11.1 Å². The van der Waals surface area contributed by atoms with Gasteiger partial charge in [-0.3, -0.25) is 15.0 Å². The molecule has 27 heavy (non-hydrogen) atoms. The topological polar surface area (TPSA) is 77.6 Å². The summed E-state index contributed by atoms with van der Waals surface area (Å²) in [5, 5.41) is 5.10. The fourth-order valence-corrected chi connectivity index (χ4v) is 3.03. The fraction of sp³-hybridized carbons (Fsp3) is 0.350. The first kappa shape index (κ1) is 18.8. The third-order valence-corrected chi connectivity index (χ3v) is 4.73. The van der Waals surface area contributed by atoms with Gasteiger partial charge in [0.05, 0.1) is 6.54 Å². The molecule has 0 unspecified atom stereocenters. The van der Waals surface area contributed by atoms with Crippen LogP contribution in [0.2, 0.25) is 0 Å². The molecule has 2 heterocycles. The van der Waals surface area contributed by atoms with E-state index in [1.54, 1.807) is 6.20 Å². The van der Waals surface area contributed by atoms with Crippen molar-refractivity contribution in [1.29, 1.82) is 0 Å². The van der Waals surface area contributed by atoms with Gasteiger partial charge in [-0.25, -0.2) is 9.78 Å². The van der Waals surface area contributed by atoms with Gasteiger partial charge in [-0.1, -0.05) is 12.1 Å². The SMILES string of the molecule is Cc1ccc(NC(=O)NC(=O)CN2CCN(c3ccccn3)CC2)cc1C. The molecule has 3 rings (SSSR count). The molecule has 0 atom stereocenters. The Morgan fingerprint density at radius 1 is 1.04 bits per heavy atom. The zero-order valence-corrected chi connectivity index (χ0v) is 15.7. The number of urea groups is 1. The Morgan fingerprint density at radius 2 is 1.81 bits per heavy atom. The van der Waals surface area contributed by atoms with E-state index < -0.39 is 6.03 Å². The van der Waals surface area contributed by atoms with Crippen LogP contribution in [0.25, 0.3) is 0 Å². The van der Waals surface area contributed by atoms with E-state index in [1.165, 1.54) is 0 Å². The first-order valence-electron chi connectivity index (χ1n) is 9.08. The molecule has 1 aliphatic heterocycles. The first-order valence-corrected chi connectivity index (χ1v) is 9.08. The number of benzene rings is 1. The van der Waals surface area contributed by atoms with E-state index in [1.807, 2.05) is 55.1 Å². The smallest absolute Gasteiger partial charge is 0.325 e. The van der Waals surface area contributed by atoms with Crippen molar-refractivity contribution in [1.82, 2.24) is 15.2 Å². The van der Waals surface area contributed by atoms with E-state index in [9.17, 15) is 9.59 Å². The summed E-state index contributed by atoms with van der Waals surface area (Å²) in [6.07, 6.45) is 1.78. The number of hydrogen-bond acceptors (Lipinski definition) is 5. The molecule has 0 spiro atoms. The molecular weight excluding hydrogens is 342 g/mol. The van der Waals surface area contributed by atoms with Crippen LogP contribution in [0.15, 0.2) is 42.6 Å². The second-order valence-corrected chi connectivity index (χ2v) is 6.75. The van der Waals surface area contributed by atoms with E-state index in [0.717, 1.165) is 43.1 Å². The van der Waals surface area contributed by atoms with Crippen molar-refractivity contribution in [2.75, 3.05) is 42.9 Å². The number of piperazine rings is 1. The molecule has 0 saturated carbocycles. The summed E-state index contributed by atoms with van der Waals surface area (Å²) in [6, 6.07) is 11.0. The molecule has 1 fully saturated rings. The van der Waals surface area contributed by atoms with Crippen LogP contribution in [-0.2, 0) is 4.79 Å². The maximum atomic E-state index is 12.1. The number of carbonyl (C=O) groups excluding carboxylic acids is 2. The molecule has 0 bridgehead atoms.